The van der Waals surface area contributed by atoms with Gasteiger partial charge in [0, 0.05) is 18.0 Å². The first-order valence-corrected chi connectivity index (χ1v) is 8.43. The van der Waals surface area contributed by atoms with Crippen molar-refractivity contribution < 1.29 is 23.5 Å². The average Bonchev–Trinajstić information content (AvgIpc) is 3.25. The van der Waals surface area contributed by atoms with Crippen molar-refractivity contribution in [1.82, 2.24) is 10.4 Å². The molecule has 0 fully saturated rings. The van der Waals surface area contributed by atoms with E-state index in [0.29, 0.717) is 23.5 Å². The van der Waals surface area contributed by atoms with Crippen LogP contribution in [0, 0.1) is 0 Å². The molecule has 28 heavy (non-hydrogen) atoms. The Morgan fingerprint density at radius 2 is 2.00 bits per heavy atom. The van der Waals surface area contributed by atoms with Gasteiger partial charge in [-0.2, -0.15) is 5.10 Å². The highest BCUT2D eigenvalue weighted by molar-refractivity contribution is 5.94. The molecular formula is C20H17N3O5. The number of rotatable bonds is 7. The van der Waals surface area contributed by atoms with E-state index < -0.39 is 5.97 Å². The summed E-state index contributed by atoms with van der Waals surface area (Å²) in [6.45, 7) is 2.19. The summed E-state index contributed by atoms with van der Waals surface area (Å²) in [6, 6.07) is 11.2. The van der Waals surface area contributed by atoms with E-state index in [-0.39, 0.29) is 17.4 Å². The summed E-state index contributed by atoms with van der Waals surface area (Å²) in [6.07, 6.45) is 5.89. The molecule has 1 N–H and O–H groups in total. The van der Waals surface area contributed by atoms with Gasteiger partial charge in [0.1, 0.15) is 0 Å². The monoisotopic (exact) mass is 379 g/mol. The number of nitrogens with zero attached hydrogens (tertiary/aromatic N) is 2. The first kappa shape index (κ1) is 18.8. The van der Waals surface area contributed by atoms with Crippen LogP contribution in [0.4, 0.5) is 0 Å². The van der Waals surface area contributed by atoms with Crippen molar-refractivity contribution in [2.75, 3.05) is 6.61 Å². The van der Waals surface area contributed by atoms with E-state index in [1.807, 2.05) is 6.92 Å². The second-order valence-electron chi connectivity index (χ2n) is 5.44. The van der Waals surface area contributed by atoms with E-state index >= 15 is 0 Å². The Labute approximate surface area is 160 Å². The molecule has 3 rings (SSSR count). The lowest BCUT2D eigenvalue weighted by Crippen LogP contribution is -2.17. The lowest BCUT2D eigenvalue weighted by molar-refractivity contribution is 0.0695. The second-order valence-corrected chi connectivity index (χ2v) is 5.44. The molecule has 0 bridgehead atoms. The molecule has 0 spiro atoms. The summed E-state index contributed by atoms with van der Waals surface area (Å²) in [4.78, 5) is 27.9. The molecule has 1 amide bonds. The standard InChI is InChI=1S/C20H17N3O5/c1-2-26-18-12-14(13-22-23-19(24)15-7-9-21-10-8-15)5-6-16(18)28-20(25)17-4-3-11-27-17/h3-13H,2H2,1H3,(H,23,24). The van der Waals surface area contributed by atoms with Crippen LogP contribution in [0.5, 0.6) is 11.5 Å². The molecule has 2 aromatic heterocycles. The van der Waals surface area contributed by atoms with Gasteiger partial charge >= 0.3 is 5.97 Å². The number of furan rings is 1. The number of hydrogen-bond acceptors (Lipinski definition) is 7. The third kappa shape index (κ3) is 4.82. The molecule has 1 aromatic carbocycles. The molecule has 0 atom stereocenters. The smallest absolute Gasteiger partial charge is 0.379 e. The van der Waals surface area contributed by atoms with Gasteiger partial charge in [-0.15, -0.1) is 0 Å². The average molecular weight is 379 g/mol. The maximum Gasteiger partial charge on any atom is 0.379 e. The van der Waals surface area contributed by atoms with Crippen molar-refractivity contribution in [3.63, 3.8) is 0 Å². The van der Waals surface area contributed by atoms with Crippen LogP contribution in [0.2, 0.25) is 0 Å². The van der Waals surface area contributed by atoms with Gasteiger partial charge in [0.05, 0.1) is 19.1 Å². The minimum atomic E-state index is -0.628. The number of carbonyl (C=O) groups is 2. The molecule has 0 radical (unpaired) electrons. The number of pyridine rings is 1. The van der Waals surface area contributed by atoms with Crippen molar-refractivity contribution in [2.45, 2.75) is 6.92 Å². The van der Waals surface area contributed by atoms with Gasteiger partial charge < -0.3 is 13.9 Å². The van der Waals surface area contributed by atoms with Gasteiger partial charge in [0.2, 0.25) is 5.76 Å². The minimum Gasteiger partial charge on any atom is -0.490 e. The van der Waals surface area contributed by atoms with Gasteiger partial charge in [-0.25, -0.2) is 10.2 Å². The SMILES string of the molecule is CCOc1cc(C=NNC(=O)c2ccncc2)ccc1OC(=O)c1ccco1. The zero-order valence-electron chi connectivity index (χ0n) is 15.0. The molecule has 0 aliphatic rings. The Bertz CT molecular complexity index is 969. The maximum atomic E-state index is 12.0. The number of hydrazone groups is 1. The molecular weight excluding hydrogens is 362 g/mol. The van der Waals surface area contributed by atoms with Crippen molar-refractivity contribution in [3.05, 3.63) is 78.0 Å². The fourth-order valence-electron chi connectivity index (χ4n) is 2.24. The summed E-state index contributed by atoms with van der Waals surface area (Å²) in [5.41, 5.74) is 3.52. The molecule has 0 saturated heterocycles. The normalized spacial score (nSPS) is 10.6. The first-order valence-electron chi connectivity index (χ1n) is 8.43. The number of ether oxygens (including phenoxy) is 2. The largest absolute Gasteiger partial charge is 0.490 e. The first-order chi connectivity index (χ1) is 13.7. The van der Waals surface area contributed by atoms with Crippen LogP contribution in [0.1, 0.15) is 33.4 Å². The van der Waals surface area contributed by atoms with E-state index in [1.54, 1.807) is 36.4 Å². The predicted octanol–water partition coefficient (Wildman–Crippen LogP) is 3.06. The maximum absolute atomic E-state index is 12.0. The summed E-state index contributed by atoms with van der Waals surface area (Å²) < 4.78 is 15.9. The Hall–Kier alpha value is -3.94. The molecule has 2 heterocycles. The molecule has 0 aliphatic heterocycles. The van der Waals surface area contributed by atoms with E-state index in [2.05, 4.69) is 15.5 Å². The van der Waals surface area contributed by atoms with Crippen molar-refractivity contribution >= 4 is 18.1 Å². The summed E-state index contributed by atoms with van der Waals surface area (Å²) in [5.74, 6) is -0.274. The number of esters is 1. The summed E-state index contributed by atoms with van der Waals surface area (Å²) >= 11 is 0. The molecule has 8 nitrogen and oxygen atoms in total. The molecule has 8 heteroatoms. The molecule has 3 aromatic rings. The third-order valence-electron chi connectivity index (χ3n) is 3.51. The Kier molecular flexibility index (Phi) is 6.14. The number of carbonyl (C=O) groups excluding carboxylic acids is 2. The van der Waals surface area contributed by atoms with Crippen LogP contribution >= 0.6 is 0 Å². The molecule has 0 aliphatic carbocycles. The van der Waals surface area contributed by atoms with Crippen LogP contribution < -0.4 is 14.9 Å². The van der Waals surface area contributed by atoms with Crippen molar-refractivity contribution in [2.24, 2.45) is 5.10 Å². The number of benzene rings is 1. The highest BCUT2D eigenvalue weighted by Crippen LogP contribution is 2.29. The van der Waals surface area contributed by atoms with Gasteiger partial charge in [0.15, 0.2) is 11.5 Å². The van der Waals surface area contributed by atoms with Crippen LogP contribution in [0.15, 0.2) is 70.6 Å². The highest BCUT2D eigenvalue weighted by atomic mass is 16.6. The van der Waals surface area contributed by atoms with Crippen LogP contribution in [0.25, 0.3) is 0 Å². The molecule has 0 unspecified atom stereocenters. The number of nitrogens with one attached hydrogen (secondary N) is 1. The van der Waals surface area contributed by atoms with Crippen LogP contribution in [-0.2, 0) is 0 Å². The van der Waals surface area contributed by atoms with Crippen LogP contribution in [0.3, 0.4) is 0 Å². The molecule has 0 saturated carbocycles. The fourth-order valence-corrected chi connectivity index (χ4v) is 2.24. The fraction of sp³-hybridized carbons (Fsp3) is 0.100. The Balaban J connectivity index is 1.69. The minimum absolute atomic E-state index is 0.0897. The zero-order chi connectivity index (χ0) is 19.8. The Morgan fingerprint density at radius 3 is 2.71 bits per heavy atom. The lowest BCUT2D eigenvalue weighted by Gasteiger charge is -2.10. The number of aromatic nitrogens is 1. The van der Waals surface area contributed by atoms with E-state index in [4.69, 9.17) is 13.9 Å². The summed E-state index contributed by atoms with van der Waals surface area (Å²) in [5, 5.41) is 3.93. The summed E-state index contributed by atoms with van der Waals surface area (Å²) in [7, 11) is 0. The lowest BCUT2D eigenvalue weighted by atomic mass is 10.2. The van der Waals surface area contributed by atoms with E-state index in [0.717, 1.165) is 0 Å². The second kappa shape index (κ2) is 9.13. The van der Waals surface area contributed by atoms with Gasteiger partial charge in [0.25, 0.3) is 5.91 Å². The van der Waals surface area contributed by atoms with Crippen LogP contribution in [-0.4, -0.2) is 29.7 Å². The zero-order valence-corrected chi connectivity index (χ0v) is 15.0. The number of amides is 1. The quantitative estimate of drug-likeness (QED) is 0.293. The molecule has 142 valence electrons. The van der Waals surface area contributed by atoms with Crippen molar-refractivity contribution in [3.8, 4) is 11.5 Å². The topological polar surface area (TPSA) is 103 Å². The van der Waals surface area contributed by atoms with Gasteiger partial charge in [-0.1, -0.05) is 0 Å². The van der Waals surface area contributed by atoms with E-state index in [9.17, 15) is 9.59 Å². The van der Waals surface area contributed by atoms with Crippen molar-refractivity contribution in [1.29, 1.82) is 0 Å². The Morgan fingerprint density at radius 1 is 1.18 bits per heavy atom. The predicted molar refractivity (Wildman–Crippen MR) is 101 cm³/mol. The third-order valence-corrected chi connectivity index (χ3v) is 3.51. The van der Waals surface area contributed by atoms with Gasteiger partial charge in [-0.05, 0) is 55.0 Å². The highest BCUT2D eigenvalue weighted by Gasteiger charge is 2.15. The van der Waals surface area contributed by atoms with Gasteiger partial charge in [-0.3, -0.25) is 9.78 Å². The van der Waals surface area contributed by atoms with E-state index in [1.165, 1.54) is 30.9 Å². The number of hydrogen-bond donors (Lipinski definition) is 1.